The largest absolute Gasteiger partial charge is 0.369 e. The molecular weight excluding hydrogens is 400 g/mol. The fourth-order valence-corrected chi connectivity index (χ4v) is 4.65. The van der Waals surface area contributed by atoms with Crippen molar-refractivity contribution in [3.8, 4) is 0 Å². The molecule has 2 aromatic rings. The average molecular weight is 435 g/mol. The van der Waals surface area contributed by atoms with E-state index >= 15 is 0 Å². The molecule has 1 saturated carbocycles. The van der Waals surface area contributed by atoms with E-state index in [2.05, 4.69) is 44.7 Å². The van der Waals surface area contributed by atoms with Gasteiger partial charge in [-0.15, -0.1) is 0 Å². The standard InChI is InChI=1S/C26H34N4O2/c31-25(22-10-7-11-23(20-22)28-26(32)21-8-3-1-4-9-21)27-14-15-29-16-18-30(19-17-29)24-12-5-2-6-13-24/h2,5-7,10-13,20-21H,1,3-4,8-9,14-19H2,(H,27,31)(H,28,32). The Morgan fingerprint density at radius 1 is 0.875 bits per heavy atom. The minimum absolute atomic E-state index is 0.0805. The van der Waals surface area contributed by atoms with Crippen LogP contribution in [0.4, 0.5) is 11.4 Å². The normalized spacial score (nSPS) is 17.7. The predicted octanol–water partition coefficient (Wildman–Crippen LogP) is 3.76. The van der Waals surface area contributed by atoms with Crippen molar-refractivity contribution < 1.29 is 9.59 Å². The third-order valence-electron chi connectivity index (χ3n) is 6.58. The third kappa shape index (κ3) is 6.10. The van der Waals surface area contributed by atoms with E-state index in [9.17, 15) is 9.59 Å². The summed E-state index contributed by atoms with van der Waals surface area (Å²) >= 11 is 0. The van der Waals surface area contributed by atoms with E-state index in [1.54, 1.807) is 12.1 Å². The molecule has 4 rings (SSSR count). The lowest BCUT2D eigenvalue weighted by Gasteiger charge is -2.36. The van der Waals surface area contributed by atoms with Crippen LogP contribution in [0.2, 0.25) is 0 Å². The maximum absolute atomic E-state index is 12.6. The van der Waals surface area contributed by atoms with Gasteiger partial charge in [0.2, 0.25) is 5.91 Å². The lowest BCUT2D eigenvalue weighted by atomic mass is 9.88. The Morgan fingerprint density at radius 3 is 2.38 bits per heavy atom. The second-order valence-electron chi connectivity index (χ2n) is 8.83. The maximum Gasteiger partial charge on any atom is 0.251 e. The van der Waals surface area contributed by atoms with Crippen LogP contribution >= 0.6 is 0 Å². The van der Waals surface area contributed by atoms with Gasteiger partial charge in [-0.3, -0.25) is 14.5 Å². The van der Waals surface area contributed by atoms with Crippen molar-refractivity contribution in [2.75, 3.05) is 49.5 Å². The quantitative estimate of drug-likeness (QED) is 0.697. The number of carbonyl (C=O) groups is 2. The molecule has 1 heterocycles. The molecule has 0 atom stereocenters. The van der Waals surface area contributed by atoms with Crippen LogP contribution in [0.5, 0.6) is 0 Å². The summed E-state index contributed by atoms with van der Waals surface area (Å²) in [6.07, 6.45) is 5.41. The summed E-state index contributed by atoms with van der Waals surface area (Å²) in [6, 6.07) is 17.8. The van der Waals surface area contributed by atoms with Crippen molar-refractivity contribution in [3.63, 3.8) is 0 Å². The molecule has 32 heavy (non-hydrogen) atoms. The van der Waals surface area contributed by atoms with Crippen molar-refractivity contribution in [2.45, 2.75) is 32.1 Å². The summed E-state index contributed by atoms with van der Waals surface area (Å²) < 4.78 is 0. The number of piperazine rings is 1. The minimum atomic E-state index is -0.0957. The molecule has 2 fully saturated rings. The second-order valence-corrected chi connectivity index (χ2v) is 8.83. The van der Waals surface area contributed by atoms with Crippen LogP contribution in [0.15, 0.2) is 54.6 Å². The van der Waals surface area contributed by atoms with Crippen molar-refractivity contribution in [1.29, 1.82) is 0 Å². The zero-order valence-electron chi connectivity index (χ0n) is 18.8. The number of para-hydroxylation sites is 1. The van der Waals surface area contributed by atoms with Crippen molar-refractivity contribution in [3.05, 3.63) is 60.2 Å². The van der Waals surface area contributed by atoms with Crippen molar-refractivity contribution in [2.24, 2.45) is 5.92 Å². The van der Waals surface area contributed by atoms with Gasteiger partial charge in [-0.25, -0.2) is 0 Å². The first-order valence-corrected chi connectivity index (χ1v) is 11.9. The summed E-state index contributed by atoms with van der Waals surface area (Å²) in [5.74, 6) is 0.0854. The van der Waals surface area contributed by atoms with E-state index < -0.39 is 0 Å². The summed E-state index contributed by atoms with van der Waals surface area (Å²) in [7, 11) is 0. The van der Waals surface area contributed by atoms with E-state index in [-0.39, 0.29) is 17.7 Å². The molecule has 2 aliphatic rings. The van der Waals surface area contributed by atoms with Gasteiger partial charge < -0.3 is 15.5 Å². The average Bonchev–Trinajstić information content (AvgIpc) is 2.85. The zero-order chi connectivity index (χ0) is 22.2. The lowest BCUT2D eigenvalue weighted by Crippen LogP contribution is -2.48. The number of hydrogen-bond donors (Lipinski definition) is 2. The first-order chi connectivity index (χ1) is 15.7. The maximum atomic E-state index is 12.6. The molecule has 2 amide bonds. The van der Waals surface area contributed by atoms with Crippen LogP contribution in [-0.4, -0.2) is 56.0 Å². The molecule has 2 aromatic carbocycles. The highest BCUT2D eigenvalue weighted by Crippen LogP contribution is 2.25. The Bertz CT molecular complexity index is 888. The van der Waals surface area contributed by atoms with Gasteiger partial charge in [0, 0.05) is 62.1 Å². The molecule has 0 aromatic heterocycles. The van der Waals surface area contributed by atoms with Crippen molar-refractivity contribution >= 4 is 23.2 Å². The van der Waals surface area contributed by atoms with Gasteiger partial charge in [0.1, 0.15) is 0 Å². The molecule has 0 radical (unpaired) electrons. The van der Waals surface area contributed by atoms with Crippen LogP contribution < -0.4 is 15.5 Å². The van der Waals surface area contributed by atoms with Crippen LogP contribution in [0.3, 0.4) is 0 Å². The Labute approximate surface area is 191 Å². The molecule has 6 nitrogen and oxygen atoms in total. The molecule has 1 aliphatic carbocycles. The fraction of sp³-hybridized carbons (Fsp3) is 0.462. The van der Waals surface area contributed by atoms with Crippen molar-refractivity contribution in [1.82, 2.24) is 10.2 Å². The Balaban J connectivity index is 1.20. The number of benzene rings is 2. The van der Waals surface area contributed by atoms with Gasteiger partial charge >= 0.3 is 0 Å². The number of carbonyl (C=O) groups excluding carboxylic acids is 2. The van der Waals surface area contributed by atoms with Gasteiger partial charge in [0.05, 0.1) is 0 Å². The Kier molecular flexibility index (Phi) is 7.77. The number of anilines is 2. The number of amides is 2. The fourth-order valence-electron chi connectivity index (χ4n) is 4.65. The minimum Gasteiger partial charge on any atom is -0.369 e. The summed E-state index contributed by atoms with van der Waals surface area (Å²) in [6.45, 7) is 5.44. The Morgan fingerprint density at radius 2 is 1.62 bits per heavy atom. The van der Waals surface area contributed by atoms with E-state index in [0.717, 1.165) is 58.4 Å². The SMILES string of the molecule is O=C(NCCN1CCN(c2ccccc2)CC1)c1cccc(NC(=O)C2CCCCC2)c1. The number of nitrogens with one attached hydrogen (secondary N) is 2. The van der Waals surface area contributed by atoms with Gasteiger partial charge in [0.25, 0.3) is 5.91 Å². The molecular formula is C26H34N4O2. The molecule has 1 saturated heterocycles. The van der Waals surface area contributed by atoms with E-state index in [0.29, 0.717) is 17.8 Å². The summed E-state index contributed by atoms with van der Waals surface area (Å²) in [5.41, 5.74) is 2.56. The van der Waals surface area contributed by atoms with Crippen LogP contribution in [0, 0.1) is 5.92 Å². The van der Waals surface area contributed by atoms with Crippen LogP contribution in [0.1, 0.15) is 42.5 Å². The highest BCUT2D eigenvalue weighted by molar-refractivity contribution is 5.97. The third-order valence-corrected chi connectivity index (χ3v) is 6.58. The lowest BCUT2D eigenvalue weighted by molar-refractivity contribution is -0.120. The predicted molar refractivity (Wildman–Crippen MR) is 129 cm³/mol. The molecule has 170 valence electrons. The van der Waals surface area contributed by atoms with Gasteiger partial charge in [-0.05, 0) is 43.2 Å². The smallest absolute Gasteiger partial charge is 0.251 e. The molecule has 0 bridgehead atoms. The Hall–Kier alpha value is -2.86. The molecule has 6 heteroatoms. The highest BCUT2D eigenvalue weighted by Gasteiger charge is 2.21. The zero-order valence-corrected chi connectivity index (χ0v) is 18.8. The number of rotatable bonds is 7. The van der Waals surface area contributed by atoms with E-state index in [1.807, 2.05) is 18.2 Å². The highest BCUT2D eigenvalue weighted by atomic mass is 16.2. The number of hydrogen-bond acceptors (Lipinski definition) is 4. The van der Waals surface area contributed by atoms with Crippen LogP contribution in [-0.2, 0) is 4.79 Å². The van der Waals surface area contributed by atoms with E-state index in [1.165, 1.54) is 12.1 Å². The topological polar surface area (TPSA) is 64.7 Å². The van der Waals surface area contributed by atoms with Crippen LogP contribution in [0.25, 0.3) is 0 Å². The first kappa shape index (κ1) is 22.3. The molecule has 1 aliphatic heterocycles. The monoisotopic (exact) mass is 434 g/mol. The molecule has 2 N–H and O–H groups in total. The molecule has 0 spiro atoms. The summed E-state index contributed by atoms with van der Waals surface area (Å²) in [4.78, 5) is 29.9. The van der Waals surface area contributed by atoms with Gasteiger partial charge in [-0.2, -0.15) is 0 Å². The first-order valence-electron chi connectivity index (χ1n) is 11.9. The summed E-state index contributed by atoms with van der Waals surface area (Å²) in [5, 5.41) is 6.03. The van der Waals surface area contributed by atoms with Gasteiger partial charge in [0.15, 0.2) is 0 Å². The van der Waals surface area contributed by atoms with Gasteiger partial charge in [-0.1, -0.05) is 43.5 Å². The van der Waals surface area contributed by atoms with E-state index in [4.69, 9.17) is 0 Å². The molecule has 0 unspecified atom stereocenters. The second kappa shape index (κ2) is 11.1. The number of nitrogens with zero attached hydrogens (tertiary/aromatic N) is 2.